The zero-order valence-electron chi connectivity index (χ0n) is 17.0. The van der Waals surface area contributed by atoms with Crippen LogP contribution < -0.4 is 10.3 Å². The zero-order valence-corrected chi connectivity index (χ0v) is 17.8. The predicted molar refractivity (Wildman–Crippen MR) is 127 cm³/mol. The molecule has 0 saturated carbocycles. The van der Waals surface area contributed by atoms with Crippen LogP contribution in [-0.2, 0) is 6.54 Å². The maximum Gasteiger partial charge on any atom is 0.264 e. The lowest BCUT2D eigenvalue weighted by Crippen LogP contribution is -2.34. The number of amides is 1. The number of halogens is 1. The van der Waals surface area contributed by atoms with Crippen molar-refractivity contribution in [2.24, 2.45) is 0 Å². The summed E-state index contributed by atoms with van der Waals surface area (Å²) in [5.41, 5.74) is 2.39. The fourth-order valence-electron chi connectivity index (χ4n) is 3.40. The lowest BCUT2D eigenvalue weighted by molar-refractivity contribution is 0.0984. The van der Waals surface area contributed by atoms with Crippen LogP contribution in [0.3, 0.4) is 0 Å². The van der Waals surface area contributed by atoms with E-state index in [9.17, 15) is 9.59 Å². The largest absolute Gasteiger partial charge is 0.384 e. The number of aromatic amines is 1. The van der Waals surface area contributed by atoms with E-state index in [-0.39, 0.29) is 24.1 Å². The number of fused-ring (bicyclic) bond motifs is 1. The second-order valence-corrected chi connectivity index (χ2v) is 7.54. The van der Waals surface area contributed by atoms with Gasteiger partial charge in [-0.25, -0.2) is 0 Å². The van der Waals surface area contributed by atoms with Crippen LogP contribution in [-0.4, -0.2) is 22.6 Å². The van der Waals surface area contributed by atoms with E-state index in [1.54, 1.807) is 35.2 Å². The molecule has 1 heterocycles. The van der Waals surface area contributed by atoms with Crippen molar-refractivity contribution in [1.29, 1.82) is 0 Å². The highest BCUT2D eigenvalue weighted by molar-refractivity contribution is 6.30. The number of benzene rings is 3. The van der Waals surface area contributed by atoms with Gasteiger partial charge in [0, 0.05) is 33.4 Å². The molecule has 0 saturated heterocycles. The van der Waals surface area contributed by atoms with Crippen LogP contribution in [0, 0.1) is 11.8 Å². The molecule has 0 aliphatic carbocycles. The molecule has 6 heteroatoms. The summed E-state index contributed by atoms with van der Waals surface area (Å²) in [6, 6.07) is 21.5. The molecule has 2 N–H and O–H groups in total. The smallest absolute Gasteiger partial charge is 0.264 e. The standard InChI is InChI=1S/C26H19ClN2O3/c27-20-11-8-19(9-12-20)17-29(21-6-2-1-3-7-21)26(32)23-16-28-24-13-10-18(5-4-14-30)15-22(24)25(23)31/h1-3,6-13,15-16,30H,14,17H2,(H,28,31). The minimum absolute atomic E-state index is 0.0302. The van der Waals surface area contributed by atoms with E-state index >= 15 is 0 Å². The number of hydrogen-bond acceptors (Lipinski definition) is 3. The number of anilines is 1. The third-order valence-electron chi connectivity index (χ3n) is 4.99. The Morgan fingerprint density at radius 2 is 1.78 bits per heavy atom. The van der Waals surface area contributed by atoms with Crippen molar-refractivity contribution in [1.82, 2.24) is 4.98 Å². The number of aliphatic hydroxyl groups is 1. The molecule has 0 radical (unpaired) electrons. The summed E-state index contributed by atoms with van der Waals surface area (Å²) in [4.78, 5) is 31.4. The third-order valence-corrected chi connectivity index (χ3v) is 5.24. The highest BCUT2D eigenvalue weighted by atomic mass is 35.5. The summed E-state index contributed by atoms with van der Waals surface area (Å²) in [5, 5.41) is 9.89. The summed E-state index contributed by atoms with van der Waals surface area (Å²) in [6.45, 7) is 0.00314. The Hall–Kier alpha value is -3.85. The summed E-state index contributed by atoms with van der Waals surface area (Å²) in [5.74, 6) is 4.94. The number of para-hydroxylation sites is 1. The van der Waals surface area contributed by atoms with Crippen LogP contribution in [0.2, 0.25) is 5.02 Å². The fraction of sp³-hybridized carbons (Fsp3) is 0.0769. The molecule has 0 aliphatic heterocycles. The minimum atomic E-state index is -0.416. The van der Waals surface area contributed by atoms with Gasteiger partial charge >= 0.3 is 0 Å². The number of pyridine rings is 1. The maximum atomic E-state index is 13.6. The fourth-order valence-corrected chi connectivity index (χ4v) is 3.53. The van der Waals surface area contributed by atoms with Gasteiger partial charge in [-0.1, -0.05) is 53.8 Å². The minimum Gasteiger partial charge on any atom is -0.384 e. The zero-order chi connectivity index (χ0) is 22.5. The number of rotatable bonds is 4. The molecule has 3 aromatic carbocycles. The Morgan fingerprint density at radius 1 is 1.03 bits per heavy atom. The average molecular weight is 443 g/mol. The topological polar surface area (TPSA) is 73.4 Å². The van der Waals surface area contributed by atoms with Gasteiger partial charge in [0.15, 0.2) is 0 Å². The lowest BCUT2D eigenvalue weighted by atomic mass is 10.1. The van der Waals surface area contributed by atoms with E-state index in [0.717, 1.165) is 5.56 Å². The van der Waals surface area contributed by atoms with Crippen molar-refractivity contribution in [2.45, 2.75) is 6.54 Å². The third kappa shape index (κ3) is 4.57. The van der Waals surface area contributed by atoms with Crippen LogP contribution in [0.1, 0.15) is 21.5 Å². The van der Waals surface area contributed by atoms with E-state index in [4.69, 9.17) is 16.7 Å². The van der Waals surface area contributed by atoms with Crippen LogP contribution in [0.25, 0.3) is 10.9 Å². The van der Waals surface area contributed by atoms with Crippen LogP contribution >= 0.6 is 11.6 Å². The summed E-state index contributed by atoms with van der Waals surface area (Å²) in [7, 11) is 0. The van der Waals surface area contributed by atoms with Gasteiger partial charge in [-0.15, -0.1) is 0 Å². The van der Waals surface area contributed by atoms with Gasteiger partial charge in [0.25, 0.3) is 5.91 Å². The number of H-pyrrole nitrogens is 1. The number of nitrogens with one attached hydrogen (secondary N) is 1. The SMILES string of the molecule is O=C(c1c[nH]c2ccc(C#CCO)cc2c1=O)N(Cc1ccc(Cl)cc1)c1ccccc1. The molecule has 0 aliphatic rings. The Bertz CT molecular complexity index is 1380. The molecule has 32 heavy (non-hydrogen) atoms. The van der Waals surface area contributed by atoms with Crippen molar-refractivity contribution in [3.63, 3.8) is 0 Å². The Kier molecular flexibility index (Phi) is 6.37. The first kappa shape index (κ1) is 21.4. The van der Waals surface area contributed by atoms with Crippen molar-refractivity contribution in [2.75, 3.05) is 11.5 Å². The number of aliphatic hydroxyl groups excluding tert-OH is 1. The Morgan fingerprint density at radius 3 is 2.50 bits per heavy atom. The quantitative estimate of drug-likeness (QED) is 0.461. The molecule has 1 amide bonds. The van der Waals surface area contributed by atoms with Gasteiger partial charge in [0.1, 0.15) is 12.2 Å². The Balaban J connectivity index is 1.78. The molecule has 0 unspecified atom stereocenters. The van der Waals surface area contributed by atoms with E-state index in [1.165, 1.54) is 6.20 Å². The van der Waals surface area contributed by atoms with Gasteiger partial charge in [0.2, 0.25) is 5.43 Å². The second kappa shape index (κ2) is 9.52. The molecule has 4 rings (SSSR count). The first-order chi connectivity index (χ1) is 15.6. The van der Waals surface area contributed by atoms with Gasteiger partial charge in [-0.3, -0.25) is 9.59 Å². The summed E-state index contributed by atoms with van der Waals surface area (Å²) < 4.78 is 0. The van der Waals surface area contributed by atoms with E-state index < -0.39 is 5.91 Å². The number of carbonyl (C=O) groups excluding carboxylic acids is 1. The monoisotopic (exact) mass is 442 g/mol. The first-order valence-corrected chi connectivity index (χ1v) is 10.3. The Labute approximate surface area is 189 Å². The second-order valence-electron chi connectivity index (χ2n) is 7.11. The highest BCUT2D eigenvalue weighted by Gasteiger charge is 2.22. The average Bonchev–Trinajstić information content (AvgIpc) is 2.83. The van der Waals surface area contributed by atoms with Crippen molar-refractivity contribution < 1.29 is 9.90 Å². The molecule has 4 aromatic rings. The molecule has 5 nitrogen and oxygen atoms in total. The first-order valence-electron chi connectivity index (χ1n) is 9.93. The number of carbonyl (C=O) groups is 1. The molecule has 0 bridgehead atoms. The molecule has 0 spiro atoms. The van der Waals surface area contributed by atoms with Gasteiger partial charge in [-0.05, 0) is 48.0 Å². The lowest BCUT2D eigenvalue weighted by Gasteiger charge is -2.23. The molecule has 0 atom stereocenters. The van der Waals surface area contributed by atoms with Gasteiger partial charge in [-0.2, -0.15) is 0 Å². The summed E-state index contributed by atoms with van der Waals surface area (Å²) in [6.07, 6.45) is 1.45. The number of nitrogens with zero attached hydrogens (tertiary/aromatic N) is 1. The van der Waals surface area contributed by atoms with Crippen molar-refractivity contribution in [3.8, 4) is 11.8 Å². The van der Waals surface area contributed by atoms with E-state index in [1.807, 2.05) is 42.5 Å². The molecule has 1 aromatic heterocycles. The maximum absolute atomic E-state index is 13.6. The predicted octanol–water partition coefficient (Wildman–Crippen LogP) is 4.37. The molecular weight excluding hydrogens is 424 g/mol. The normalized spacial score (nSPS) is 10.4. The van der Waals surface area contributed by atoms with Crippen LogP contribution in [0.4, 0.5) is 5.69 Å². The summed E-state index contributed by atoms with van der Waals surface area (Å²) >= 11 is 5.99. The van der Waals surface area contributed by atoms with E-state index in [0.29, 0.717) is 27.2 Å². The van der Waals surface area contributed by atoms with Crippen molar-refractivity contribution in [3.05, 3.63) is 111 Å². The van der Waals surface area contributed by atoms with Crippen molar-refractivity contribution >= 4 is 34.1 Å². The number of hydrogen-bond donors (Lipinski definition) is 2. The molecular formula is C26H19ClN2O3. The number of aromatic nitrogens is 1. The van der Waals surface area contributed by atoms with Crippen LogP contribution in [0.15, 0.2) is 83.8 Å². The highest BCUT2D eigenvalue weighted by Crippen LogP contribution is 2.21. The van der Waals surface area contributed by atoms with Crippen LogP contribution in [0.5, 0.6) is 0 Å². The molecule has 158 valence electrons. The van der Waals surface area contributed by atoms with Gasteiger partial charge in [0.05, 0.1) is 6.54 Å². The molecule has 0 fully saturated rings. The van der Waals surface area contributed by atoms with Gasteiger partial charge < -0.3 is 15.0 Å². The van der Waals surface area contributed by atoms with E-state index in [2.05, 4.69) is 16.8 Å².